The third-order valence-corrected chi connectivity index (χ3v) is 2.80. The number of aliphatic imine (C=N–C) groups is 1. The van der Waals surface area contributed by atoms with Crippen LogP contribution in [0.3, 0.4) is 0 Å². The number of rotatable bonds is 3. The maximum absolute atomic E-state index is 10.4. The molecule has 1 rings (SSSR count). The van der Waals surface area contributed by atoms with Crippen LogP contribution in [0.4, 0.5) is 5.69 Å². The highest BCUT2D eigenvalue weighted by Crippen LogP contribution is 2.33. The van der Waals surface area contributed by atoms with Crippen molar-refractivity contribution in [2.75, 3.05) is 0 Å². The van der Waals surface area contributed by atoms with Crippen LogP contribution in [0, 0.1) is 6.92 Å². The van der Waals surface area contributed by atoms with Gasteiger partial charge in [0.2, 0.25) is 6.08 Å². The SMILES string of the molecule is Cc1cc(C(C)C)cc(C(C)C)c1N=C=O. The van der Waals surface area contributed by atoms with Gasteiger partial charge >= 0.3 is 0 Å². The molecule has 0 N–H and O–H groups in total. The summed E-state index contributed by atoms with van der Waals surface area (Å²) >= 11 is 0. The average molecular weight is 217 g/mol. The van der Waals surface area contributed by atoms with Crippen LogP contribution < -0.4 is 0 Å². The summed E-state index contributed by atoms with van der Waals surface area (Å²) in [6.45, 7) is 10.6. The van der Waals surface area contributed by atoms with Crippen molar-refractivity contribution in [3.63, 3.8) is 0 Å². The lowest BCUT2D eigenvalue weighted by Gasteiger charge is -2.15. The van der Waals surface area contributed by atoms with Crippen molar-refractivity contribution in [1.29, 1.82) is 0 Å². The van der Waals surface area contributed by atoms with Gasteiger partial charge in [0.1, 0.15) is 0 Å². The Morgan fingerprint density at radius 2 is 1.75 bits per heavy atom. The Kier molecular flexibility index (Phi) is 4.03. The molecule has 2 heteroatoms. The standard InChI is InChI=1S/C14H19NO/c1-9(2)12-6-11(5)14(15-8-16)13(7-12)10(3)4/h6-7,9-10H,1-5H3. The second-order valence-electron chi connectivity index (χ2n) is 4.79. The van der Waals surface area contributed by atoms with Crippen LogP contribution in [0.15, 0.2) is 17.1 Å². The molecule has 0 amide bonds. The van der Waals surface area contributed by atoms with Gasteiger partial charge in [0, 0.05) is 0 Å². The minimum absolute atomic E-state index is 0.365. The molecule has 0 saturated heterocycles. The minimum atomic E-state index is 0.365. The first kappa shape index (κ1) is 12.7. The maximum atomic E-state index is 10.4. The molecule has 0 aliphatic heterocycles. The smallest absolute Gasteiger partial charge is 0.211 e. The Morgan fingerprint density at radius 1 is 1.12 bits per heavy atom. The zero-order valence-corrected chi connectivity index (χ0v) is 10.7. The Morgan fingerprint density at radius 3 is 2.19 bits per heavy atom. The number of hydrogen-bond donors (Lipinski definition) is 0. The van der Waals surface area contributed by atoms with Gasteiger partial charge in [0.05, 0.1) is 5.69 Å². The highest BCUT2D eigenvalue weighted by molar-refractivity contribution is 5.60. The molecule has 1 aromatic rings. The Balaban J connectivity index is 3.45. The van der Waals surface area contributed by atoms with E-state index in [4.69, 9.17) is 0 Å². The second-order valence-corrected chi connectivity index (χ2v) is 4.79. The van der Waals surface area contributed by atoms with Gasteiger partial charge in [-0.1, -0.05) is 39.8 Å². The van der Waals surface area contributed by atoms with Gasteiger partial charge in [-0.15, -0.1) is 0 Å². The molecular weight excluding hydrogens is 198 g/mol. The number of benzene rings is 1. The maximum Gasteiger partial charge on any atom is 0.240 e. The fourth-order valence-electron chi connectivity index (χ4n) is 1.81. The molecule has 16 heavy (non-hydrogen) atoms. The van der Waals surface area contributed by atoms with Crippen molar-refractivity contribution < 1.29 is 4.79 Å². The molecule has 0 atom stereocenters. The summed E-state index contributed by atoms with van der Waals surface area (Å²) in [5.41, 5.74) is 4.27. The summed E-state index contributed by atoms with van der Waals surface area (Å²) < 4.78 is 0. The monoisotopic (exact) mass is 217 g/mol. The van der Waals surface area contributed by atoms with Crippen LogP contribution in [0.1, 0.15) is 56.2 Å². The van der Waals surface area contributed by atoms with Gasteiger partial charge in [0.25, 0.3) is 0 Å². The topological polar surface area (TPSA) is 29.4 Å². The van der Waals surface area contributed by atoms with Crippen molar-refractivity contribution in [1.82, 2.24) is 0 Å². The molecule has 0 radical (unpaired) electrons. The van der Waals surface area contributed by atoms with Gasteiger partial charge < -0.3 is 0 Å². The lowest BCUT2D eigenvalue weighted by molar-refractivity contribution is 0.565. The molecule has 2 nitrogen and oxygen atoms in total. The second kappa shape index (κ2) is 5.09. The van der Waals surface area contributed by atoms with Crippen molar-refractivity contribution in [3.8, 4) is 0 Å². The summed E-state index contributed by atoms with van der Waals surface area (Å²) in [6, 6.07) is 4.26. The van der Waals surface area contributed by atoms with E-state index in [1.54, 1.807) is 6.08 Å². The summed E-state index contributed by atoms with van der Waals surface area (Å²) in [5, 5.41) is 0. The van der Waals surface area contributed by atoms with Crippen LogP contribution in [0.5, 0.6) is 0 Å². The Hall–Kier alpha value is -1.40. The number of nitrogens with zero attached hydrogens (tertiary/aromatic N) is 1. The fourth-order valence-corrected chi connectivity index (χ4v) is 1.81. The zero-order valence-electron chi connectivity index (χ0n) is 10.7. The van der Waals surface area contributed by atoms with E-state index in [2.05, 4.69) is 44.8 Å². The summed E-state index contributed by atoms with van der Waals surface area (Å²) in [6.07, 6.45) is 1.64. The van der Waals surface area contributed by atoms with Gasteiger partial charge in [-0.05, 0) is 35.4 Å². The molecule has 0 saturated carbocycles. The summed E-state index contributed by atoms with van der Waals surface area (Å²) in [4.78, 5) is 14.3. The first-order valence-corrected chi connectivity index (χ1v) is 5.69. The van der Waals surface area contributed by atoms with E-state index in [1.165, 1.54) is 5.56 Å². The molecule has 0 heterocycles. The summed E-state index contributed by atoms with van der Waals surface area (Å²) in [5.74, 6) is 0.856. The quantitative estimate of drug-likeness (QED) is 0.551. The van der Waals surface area contributed by atoms with Gasteiger partial charge in [-0.25, -0.2) is 4.79 Å². The van der Waals surface area contributed by atoms with E-state index in [9.17, 15) is 4.79 Å². The predicted octanol–water partition coefficient (Wildman–Crippen LogP) is 4.21. The number of carbonyl (C=O) groups excluding carboxylic acids is 1. The average Bonchev–Trinajstić information content (AvgIpc) is 2.20. The molecule has 0 aromatic heterocycles. The van der Waals surface area contributed by atoms with Gasteiger partial charge in [-0.3, -0.25) is 0 Å². The molecule has 0 bridgehead atoms. The lowest BCUT2D eigenvalue weighted by Crippen LogP contribution is -1.96. The van der Waals surface area contributed by atoms with E-state index in [1.807, 2.05) is 6.92 Å². The first-order valence-electron chi connectivity index (χ1n) is 5.69. The van der Waals surface area contributed by atoms with Crippen molar-refractivity contribution >= 4 is 11.8 Å². The van der Waals surface area contributed by atoms with Crippen molar-refractivity contribution in [2.24, 2.45) is 4.99 Å². The molecule has 0 aliphatic rings. The highest BCUT2D eigenvalue weighted by Gasteiger charge is 2.12. The van der Waals surface area contributed by atoms with Crippen molar-refractivity contribution in [2.45, 2.75) is 46.5 Å². The first-order chi connectivity index (χ1) is 7.47. The molecule has 0 aliphatic carbocycles. The molecule has 0 spiro atoms. The van der Waals surface area contributed by atoms with Crippen LogP contribution in [-0.4, -0.2) is 6.08 Å². The predicted molar refractivity (Wildman–Crippen MR) is 67.1 cm³/mol. The zero-order chi connectivity index (χ0) is 12.3. The van der Waals surface area contributed by atoms with Gasteiger partial charge in [-0.2, -0.15) is 4.99 Å². The Bertz CT molecular complexity index is 427. The van der Waals surface area contributed by atoms with Crippen LogP contribution >= 0.6 is 0 Å². The van der Waals surface area contributed by atoms with Gasteiger partial charge in [0.15, 0.2) is 0 Å². The van der Waals surface area contributed by atoms with Crippen LogP contribution in [0.25, 0.3) is 0 Å². The van der Waals surface area contributed by atoms with E-state index in [0.29, 0.717) is 11.8 Å². The number of isocyanates is 1. The highest BCUT2D eigenvalue weighted by atomic mass is 16.1. The molecule has 0 fully saturated rings. The number of aryl methyl sites for hydroxylation is 1. The lowest BCUT2D eigenvalue weighted by atomic mass is 9.91. The summed E-state index contributed by atoms with van der Waals surface area (Å²) in [7, 11) is 0. The Labute approximate surface area is 97.4 Å². The largest absolute Gasteiger partial charge is 0.240 e. The minimum Gasteiger partial charge on any atom is -0.211 e. The molecular formula is C14H19NO. The van der Waals surface area contributed by atoms with E-state index >= 15 is 0 Å². The van der Waals surface area contributed by atoms with Crippen LogP contribution in [-0.2, 0) is 4.79 Å². The molecule has 1 aromatic carbocycles. The fraction of sp³-hybridized carbons (Fsp3) is 0.500. The third kappa shape index (κ3) is 2.59. The van der Waals surface area contributed by atoms with Crippen LogP contribution in [0.2, 0.25) is 0 Å². The van der Waals surface area contributed by atoms with E-state index < -0.39 is 0 Å². The third-order valence-electron chi connectivity index (χ3n) is 2.80. The van der Waals surface area contributed by atoms with E-state index in [-0.39, 0.29) is 0 Å². The molecule has 86 valence electrons. The van der Waals surface area contributed by atoms with E-state index in [0.717, 1.165) is 16.8 Å². The van der Waals surface area contributed by atoms with Crippen molar-refractivity contribution in [3.05, 3.63) is 28.8 Å². The molecule has 0 unspecified atom stereocenters. The normalized spacial score (nSPS) is 10.7. The number of hydrogen-bond acceptors (Lipinski definition) is 2.